The number of rotatable bonds is 3. The maximum atomic E-state index is 11.1. The van der Waals surface area contributed by atoms with Crippen molar-refractivity contribution in [1.29, 1.82) is 0 Å². The second-order valence-electron chi connectivity index (χ2n) is 3.54. The summed E-state index contributed by atoms with van der Waals surface area (Å²) in [4.78, 5) is 12.2. The standard InChI is InChI=1S/C13H12O2S/c1-9-5-3-4-6-12(9)16-13-8-7-11(15-13)10(2)14/h3-8H,1-2H3. The number of hydrogen-bond donors (Lipinski definition) is 0. The van der Waals surface area contributed by atoms with Gasteiger partial charge in [0.05, 0.1) is 0 Å². The van der Waals surface area contributed by atoms with Gasteiger partial charge in [-0.25, -0.2) is 0 Å². The molecule has 0 N–H and O–H groups in total. The van der Waals surface area contributed by atoms with E-state index in [0.717, 1.165) is 9.99 Å². The first kappa shape index (κ1) is 11.0. The van der Waals surface area contributed by atoms with Crippen molar-refractivity contribution < 1.29 is 9.21 Å². The van der Waals surface area contributed by atoms with Crippen LogP contribution in [0.4, 0.5) is 0 Å². The number of carbonyl (C=O) groups is 1. The molecule has 0 saturated heterocycles. The Morgan fingerprint density at radius 3 is 2.56 bits per heavy atom. The summed E-state index contributed by atoms with van der Waals surface area (Å²) >= 11 is 1.53. The van der Waals surface area contributed by atoms with E-state index in [1.165, 1.54) is 24.2 Å². The first-order valence-corrected chi connectivity index (χ1v) is 5.83. The van der Waals surface area contributed by atoms with E-state index < -0.39 is 0 Å². The molecule has 0 aliphatic rings. The zero-order valence-corrected chi connectivity index (χ0v) is 10.0. The number of aryl methyl sites for hydroxylation is 1. The smallest absolute Gasteiger partial charge is 0.194 e. The molecule has 0 fully saturated rings. The largest absolute Gasteiger partial charge is 0.446 e. The molecule has 0 saturated carbocycles. The summed E-state index contributed by atoms with van der Waals surface area (Å²) in [6.07, 6.45) is 0. The SMILES string of the molecule is CC(=O)c1ccc(Sc2ccccc2C)o1. The van der Waals surface area contributed by atoms with E-state index in [1.807, 2.05) is 24.3 Å². The van der Waals surface area contributed by atoms with Gasteiger partial charge in [-0.2, -0.15) is 0 Å². The minimum absolute atomic E-state index is 0.0448. The number of benzene rings is 1. The molecule has 0 amide bonds. The Morgan fingerprint density at radius 1 is 1.19 bits per heavy atom. The fraction of sp³-hybridized carbons (Fsp3) is 0.154. The van der Waals surface area contributed by atoms with Gasteiger partial charge in [-0.05, 0) is 30.7 Å². The average Bonchev–Trinajstić information content (AvgIpc) is 2.70. The molecule has 0 aliphatic carbocycles. The lowest BCUT2D eigenvalue weighted by Gasteiger charge is -2.01. The fourth-order valence-corrected chi connectivity index (χ4v) is 2.20. The van der Waals surface area contributed by atoms with Crippen LogP contribution in [0.2, 0.25) is 0 Å². The summed E-state index contributed by atoms with van der Waals surface area (Å²) in [6.45, 7) is 3.55. The molecule has 0 aliphatic heterocycles. The van der Waals surface area contributed by atoms with E-state index in [1.54, 1.807) is 6.07 Å². The topological polar surface area (TPSA) is 30.2 Å². The molecule has 2 rings (SSSR count). The zero-order chi connectivity index (χ0) is 11.5. The van der Waals surface area contributed by atoms with E-state index in [0.29, 0.717) is 5.76 Å². The van der Waals surface area contributed by atoms with E-state index in [2.05, 4.69) is 13.0 Å². The molecule has 1 aromatic carbocycles. The molecule has 2 nitrogen and oxygen atoms in total. The number of hydrogen-bond acceptors (Lipinski definition) is 3. The summed E-state index contributed by atoms with van der Waals surface area (Å²) in [5.74, 6) is 0.368. The second kappa shape index (κ2) is 4.58. The third-order valence-electron chi connectivity index (χ3n) is 2.23. The zero-order valence-electron chi connectivity index (χ0n) is 9.19. The first-order valence-electron chi connectivity index (χ1n) is 5.01. The Kier molecular flexibility index (Phi) is 3.15. The predicted octanol–water partition coefficient (Wildman–Crippen LogP) is 3.94. The van der Waals surface area contributed by atoms with Crippen molar-refractivity contribution >= 4 is 17.5 Å². The van der Waals surface area contributed by atoms with Crippen molar-refractivity contribution in [3.8, 4) is 0 Å². The quantitative estimate of drug-likeness (QED) is 0.751. The highest BCUT2D eigenvalue weighted by atomic mass is 32.2. The van der Waals surface area contributed by atoms with E-state index >= 15 is 0 Å². The Labute approximate surface area is 98.7 Å². The molecule has 1 heterocycles. The van der Waals surface area contributed by atoms with Crippen LogP contribution in [0.15, 0.2) is 50.8 Å². The van der Waals surface area contributed by atoms with Gasteiger partial charge in [0, 0.05) is 11.8 Å². The first-order chi connectivity index (χ1) is 7.66. The maximum Gasteiger partial charge on any atom is 0.194 e. The van der Waals surface area contributed by atoms with Crippen LogP contribution in [-0.2, 0) is 0 Å². The Morgan fingerprint density at radius 2 is 1.94 bits per heavy atom. The monoisotopic (exact) mass is 232 g/mol. The van der Waals surface area contributed by atoms with Gasteiger partial charge in [0.25, 0.3) is 0 Å². The molecular weight excluding hydrogens is 220 g/mol. The van der Waals surface area contributed by atoms with Crippen LogP contribution in [0.3, 0.4) is 0 Å². The Hall–Kier alpha value is -1.48. The Balaban J connectivity index is 2.21. The molecule has 16 heavy (non-hydrogen) atoms. The lowest BCUT2D eigenvalue weighted by atomic mass is 10.2. The number of furan rings is 1. The van der Waals surface area contributed by atoms with Crippen LogP contribution in [0.1, 0.15) is 23.0 Å². The van der Waals surface area contributed by atoms with Crippen molar-refractivity contribution in [2.45, 2.75) is 23.8 Å². The number of Topliss-reactive ketones (excluding diaryl/α,β-unsaturated/α-hetero) is 1. The van der Waals surface area contributed by atoms with Gasteiger partial charge in [-0.1, -0.05) is 30.0 Å². The lowest BCUT2D eigenvalue weighted by molar-refractivity contribution is 0.0982. The van der Waals surface area contributed by atoms with Crippen molar-refractivity contribution in [2.75, 3.05) is 0 Å². The molecule has 0 spiro atoms. The van der Waals surface area contributed by atoms with Crippen molar-refractivity contribution in [1.82, 2.24) is 0 Å². The van der Waals surface area contributed by atoms with Gasteiger partial charge in [0.15, 0.2) is 16.6 Å². The highest BCUT2D eigenvalue weighted by Crippen LogP contribution is 2.31. The molecular formula is C13H12O2S. The maximum absolute atomic E-state index is 11.1. The molecule has 1 aromatic heterocycles. The average molecular weight is 232 g/mol. The minimum Gasteiger partial charge on any atom is -0.446 e. The minimum atomic E-state index is -0.0448. The number of ketones is 1. The highest BCUT2D eigenvalue weighted by molar-refractivity contribution is 7.99. The Bertz CT molecular complexity index is 514. The third kappa shape index (κ3) is 2.36. The predicted molar refractivity (Wildman–Crippen MR) is 64.0 cm³/mol. The van der Waals surface area contributed by atoms with Crippen LogP contribution in [0, 0.1) is 6.92 Å². The molecule has 82 valence electrons. The van der Waals surface area contributed by atoms with Crippen LogP contribution >= 0.6 is 11.8 Å². The number of carbonyl (C=O) groups excluding carboxylic acids is 1. The summed E-state index contributed by atoms with van der Waals surface area (Å²) in [5.41, 5.74) is 1.20. The van der Waals surface area contributed by atoms with Gasteiger partial charge in [0.2, 0.25) is 0 Å². The molecule has 3 heteroatoms. The van der Waals surface area contributed by atoms with Gasteiger partial charge in [-0.3, -0.25) is 4.79 Å². The van der Waals surface area contributed by atoms with Gasteiger partial charge >= 0.3 is 0 Å². The normalized spacial score (nSPS) is 10.4. The van der Waals surface area contributed by atoms with Crippen LogP contribution in [-0.4, -0.2) is 5.78 Å². The van der Waals surface area contributed by atoms with Crippen LogP contribution in [0.5, 0.6) is 0 Å². The van der Waals surface area contributed by atoms with Crippen LogP contribution in [0.25, 0.3) is 0 Å². The molecule has 2 aromatic rings. The van der Waals surface area contributed by atoms with Crippen LogP contribution < -0.4 is 0 Å². The van der Waals surface area contributed by atoms with Gasteiger partial charge in [0.1, 0.15) is 0 Å². The van der Waals surface area contributed by atoms with Crippen molar-refractivity contribution in [3.05, 3.63) is 47.7 Å². The summed E-state index contributed by atoms with van der Waals surface area (Å²) in [6, 6.07) is 11.6. The van der Waals surface area contributed by atoms with Crippen molar-refractivity contribution in [2.24, 2.45) is 0 Å². The van der Waals surface area contributed by atoms with Crippen molar-refractivity contribution in [3.63, 3.8) is 0 Å². The molecule has 0 atom stereocenters. The molecule has 0 unspecified atom stereocenters. The van der Waals surface area contributed by atoms with E-state index in [4.69, 9.17) is 4.42 Å². The summed E-state index contributed by atoms with van der Waals surface area (Å²) in [7, 11) is 0. The van der Waals surface area contributed by atoms with E-state index in [9.17, 15) is 4.79 Å². The van der Waals surface area contributed by atoms with Gasteiger partial charge in [-0.15, -0.1) is 0 Å². The highest BCUT2D eigenvalue weighted by Gasteiger charge is 2.08. The van der Waals surface area contributed by atoms with E-state index in [-0.39, 0.29) is 5.78 Å². The molecule has 0 bridgehead atoms. The summed E-state index contributed by atoms with van der Waals surface area (Å²) in [5, 5.41) is 0.750. The second-order valence-corrected chi connectivity index (χ2v) is 4.59. The molecule has 0 radical (unpaired) electrons. The lowest BCUT2D eigenvalue weighted by Crippen LogP contribution is -1.85. The fourth-order valence-electron chi connectivity index (χ4n) is 1.34. The van der Waals surface area contributed by atoms with Gasteiger partial charge < -0.3 is 4.42 Å². The summed E-state index contributed by atoms with van der Waals surface area (Å²) < 4.78 is 5.42. The third-order valence-corrected chi connectivity index (χ3v) is 3.33.